The fourth-order valence-electron chi connectivity index (χ4n) is 8.90. The molecule has 0 aromatic carbocycles. The van der Waals surface area contributed by atoms with Gasteiger partial charge in [-0.25, -0.2) is 0 Å². The van der Waals surface area contributed by atoms with Crippen LogP contribution in [0.1, 0.15) is 67.2 Å². The molecule has 4 saturated carbocycles. The molecule has 5 nitrogen and oxygen atoms in total. The Kier molecular flexibility index (Phi) is 4.38. The third-order valence-corrected chi connectivity index (χ3v) is 16.0. The fraction of sp³-hybridized carbons (Fsp3) is 0.875. The van der Waals surface area contributed by atoms with Crippen LogP contribution in [0.3, 0.4) is 0 Å². The molecule has 2 saturated heterocycles. The number of esters is 1. The van der Waals surface area contributed by atoms with E-state index in [1.54, 1.807) is 0 Å². The normalized spacial score (nSPS) is 41.2. The first kappa shape index (κ1) is 21.2. The molecule has 0 aromatic heterocycles. The van der Waals surface area contributed by atoms with Crippen molar-refractivity contribution in [3.05, 3.63) is 12.2 Å². The molecular weight excluding hydrogens is 396 g/mol. The molecule has 2 spiro atoms. The summed E-state index contributed by atoms with van der Waals surface area (Å²) >= 11 is 0. The molecule has 2 heterocycles. The number of hydrogen-bond donors (Lipinski definition) is 0. The minimum Gasteiger partial charge on any atom is -0.461 e. The second-order valence-corrected chi connectivity index (χ2v) is 16.9. The van der Waals surface area contributed by atoms with Crippen molar-refractivity contribution in [1.82, 2.24) is 0 Å². The summed E-state index contributed by atoms with van der Waals surface area (Å²) in [4.78, 5) is 13.3. The summed E-state index contributed by atoms with van der Waals surface area (Å²) in [5.41, 5.74) is 1.63. The molecule has 4 atom stereocenters. The average Bonchev–Trinajstić information content (AvgIpc) is 3.34. The first-order valence-electron chi connectivity index (χ1n) is 11.9. The van der Waals surface area contributed by atoms with Crippen molar-refractivity contribution in [2.45, 2.75) is 95.7 Å². The third kappa shape index (κ3) is 2.00. The van der Waals surface area contributed by atoms with Gasteiger partial charge in [0.1, 0.15) is 6.10 Å². The highest BCUT2D eigenvalue weighted by atomic mass is 28.4. The highest BCUT2D eigenvalue weighted by Crippen LogP contribution is 2.89. The van der Waals surface area contributed by atoms with Gasteiger partial charge in [0.15, 0.2) is 14.1 Å². The van der Waals surface area contributed by atoms with Gasteiger partial charge >= 0.3 is 5.97 Å². The van der Waals surface area contributed by atoms with Crippen molar-refractivity contribution in [3.8, 4) is 0 Å². The lowest BCUT2D eigenvalue weighted by Crippen LogP contribution is -2.70. The Bertz CT molecular complexity index is 763. The van der Waals surface area contributed by atoms with Crippen LogP contribution in [-0.4, -0.2) is 46.0 Å². The zero-order valence-electron chi connectivity index (χ0n) is 19.5. The molecular formula is C24H38O5Si. The summed E-state index contributed by atoms with van der Waals surface area (Å²) in [5, 5.41) is 0. The highest BCUT2D eigenvalue weighted by Gasteiger charge is 2.93. The van der Waals surface area contributed by atoms with Gasteiger partial charge in [0.2, 0.25) is 0 Å². The summed E-state index contributed by atoms with van der Waals surface area (Å²) < 4.78 is 25.2. The predicted molar refractivity (Wildman–Crippen MR) is 116 cm³/mol. The Hall–Kier alpha value is -0.693. The SMILES string of the molecule is C=C1[C@@]2(CO[Si](C(C)C)(C(C)C)C(C)C)C[C@@H]3OC(=O)[C@@]24CCC2(C[C@@]134)OCCO2. The second kappa shape index (κ2) is 6.21. The van der Waals surface area contributed by atoms with Crippen LogP contribution in [-0.2, 0) is 23.4 Å². The van der Waals surface area contributed by atoms with Crippen LogP contribution in [0.15, 0.2) is 12.2 Å². The van der Waals surface area contributed by atoms with E-state index in [0.29, 0.717) is 42.9 Å². The first-order valence-corrected chi connectivity index (χ1v) is 14.0. The summed E-state index contributed by atoms with van der Waals surface area (Å²) in [6.07, 6.45) is 2.97. The molecule has 4 aliphatic carbocycles. The molecule has 0 unspecified atom stereocenters. The smallest absolute Gasteiger partial charge is 0.314 e. The summed E-state index contributed by atoms with van der Waals surface area (Å²) in [6.45, 7) is 20.4. The number of ether oxygens (including phenoxy) is 3. The monoisotopic (exact) mass is 434 g/mol. The first-order chi connectivity index (χ1) is 14.0. The molecule has 2 aliphatic heterocycles. The molecule has 6 heteroatoms. The Balaban J connectivity index is 1.50. The van der Waals surface area contributed by atoms with E-state index in [2.05, 4.69) is 48.1 Å². The van der Waals surface area contributed by atoms with E-state index < -0.39 is 19.5 Å². The van der Waals surface area contributed by atoms with Crippen molar-refractivity contribution < 1.29 is 23.4 Å². The standard InChI is InChI=1S/C24H38O5Si/c1-15(2)30(16(3)4,17(5)6)28-14-21-12-19-23(18(21)7)13-22(26-10-11-27-22)8-9-24(21,23)20(25)29-19/h15-17,19H,7-14H2,1-6H3/t19-,21-,23+,24-/m0/s1. The number of carbonyl (C=O) groups excluding carboxylic acids is 1. The van der Waals surface area contributed by atoms with E-state index in [-0.39, 0.29) is 22.9 Å². The Morgan fingerprint density at radius 2 is 1.67 bits per heavy atom. The van der Waals surface area contributed by atoms with Crippen molar-refractivity contribution in [1.29, 1.82) is 0 Å². The maximum absolute atomic E-state index is 13.3. The molecule has 6 aliphatic rings. The summed E-state index contributed by atoms with van der Waals surface area (Å²) in [7, 11) is -2.03. The number of rotatable bonds is 6. The van der Waals surface area contributed by atoms with Crippen LogP contribution in [0.25, 0.3) is 0 Å². The van der Waals surface area contributed by atoms with E-state index in [1.165, 1.54) is 5.57 Å². The molecule has 6 fully saturated rings. The summed E-state index contributed by atoms with van der Waals surface area (Å²) in [5.74, 6) is -0.573. The van der Waals surface area contributed by atoms with Gasteiger partial charge in [0, 0.05) is 24.9 Å². The quantitative estimate of drug-likeness (QED) is 0.336. The van der Waals surface area contributed by atoms with Crippen molar-refractivity contribution >= 4 is 14.3 Å². The maximum atomic E-state index is 13.3. The lowest BCUT2D eigenvalue weighted by atomic mass is 9.35. The fourth-order valence-corrected chi connectivity index (χ4v) is 14.4. The third-order valence-electron chi connectivity index (χ3n) is 9.89. The lowest BCUT2D eigenvalue weighted by Gasteiger charge is -2.66. The topological polar surface area (TPSA) is 54.0 Å². The van der Waals surface area contributed by atoms with Crippen molar-refractivity contribution in [2.24, 2.45) is 16.2 Å². The Morgan fingerprint density at radius 1 is 1.07 bits per heavy atom. The van der Waals surface area contributed by atoms with Gasteiger partial charge < -0.3 is 18.6 Å². The van der Waals surface area contributed by atoms with Crippen LogP contribution in [0.2, 0.25) is 16.6 Å². The minimum atomic E-state index is -2.03. The van der Waals surface area contributed by atoms with Crippen molar-refractivity contribution in [2.75, 3.05) is 19.8 Å². The molecule has 168 valence electrons. The highest BCUT2D eigenvalue weighted by molar-refractivity contribution is 6.77. The van der Waals surface area contributed by atoms with Crippen LogP contribution in [0.5, 0.6) is 0 Å². The lowest BCUT2D eigenvalue weighted by molar-refractivity contribution is -0.246. The molecule has 4 bridgehead atoms. The van der Waals surface area contributed by atoms with Crippen molar-refractivity contribution in [3.63, 3.8) is 0 Å². The zero-order valence-corrected chi connectivity index (χ0v) is 20.5. The van der Waals surface area contributed by atoms with Crippen LogP contribution in [0, 0.1) is 16.2 Å². The van der Waals surface area contributed by atoms with Gasteiger partial charge in [-0.15, -0.1) is 0 Å². The van der Waals surface area contributed by atoms with E-state index >= 15 is 0 Å². The van der Waals surface area contributed by atoms with E-state index in [0.717, 1.165) is 19.3 Å². The van der Waals surface area contributed by atoms with Gasteiger partial charge in [-0.3, -0.25) is 4.79 Å². The van der Waals surface area contributed by atoms with Crippen LogP contribution < -0.4 is 0 Å². The molecule has 0 N–H and O–H groups in total. The summed E-state index contributed by atoms with van der Waals surface area (Å²) in [6, 6.07) is 0. The molecule has 0 radical (unpaired) electrons. The zero-order chi connectivity index (χ0) is 21.7. The Morgan fingerprint density at radius 3 is 2.23 bits per heavy atom. The largest absolute Gasteiger partial charge is 0.461 e. The van der Waals surface area contributed by atoms with Gasteiger partial charge in [-0.1, -0.05) is 53.7 Å². The Labute approximate surface area is 182 Å². The van der Waals surface area contributed by atoms with Gasteiger partial charge in [-0.2, -0.15) is 0 Å². The average molecular weight is 435 g/mol. The minimum absolute atomic E-state index is 0.0199. The molecule has 0 aromatic rings. The molecule has 0 amide bonds. The van der Waals surface area contributed by atoms with Gasteiger partial charge in [0.05, 0.1) is 24.0 Å². The molecule has 6 rings (SSSR count). The van der Waals surface area contributed by atoms with E-state index in [9.17, 15) is 4.79 Å². The maximum Gasteiger partial charge on any atom is 0.314 e. The van der Waals surface area contributed by atoms with Crippen LogP contribution in [0.4, 0.5) is 0 Å². The van der Waals surface area contributed by atoms with Gasteiger partial charge in [-0.05, 0) is 29.5 Å². The van der Waals surface area contributed by atoms with Gasteiger partial charge in [0.25, 0.3) is 0 Å². The van der Waals surface area contributed by atoms with E-state index in [1.807, 2.05) is 0 Å². The molecule has 30 heavy (non-hydrogen) atoms. The van der Waals surface area contributed by atoms with Crippen LogP contribution >= 0.6 is 0 Å². The number of hydrogen-bond acceptors (Lipinski definition) is 5. The number of carbonyl (C=O) groups is 1. The van der Waals surface area contributed by atoms with E-state index in [4.69, 9.17) is 18.6 Å². The second-order valence-electron chi connectivity index (χ2n) is 11.4. The predicted octanol–water partition coefficient (Wildman–Crippen LogP) is 4.96.